The molecule has 1 N–H and O–H groups in total. The molecule has 0 spiro atoms. The number of hydrogen-bond donors (Lipinski definition) is 1. The summed E-state index contributed by atoms with van der Waals surface area (Å²) in [6, 6.07) is 9.81. The monoisotopic (exact) mass is 396 g/mol. The van der Waals surface area contributed by atoms with Crippen molar-refractivity contribution in [3.8, 4) is 0 Å². The summed E-state index contributed by atoms with van der Waals surface area (Å²) < 4.78 is 26.3. The van der Waals surface area contributed by atoms with Crippen LogP contribution in [-0.4, -0.2) is 10.5 Å². The van der Waals surface area contributed by atoms with Crippen LogP contribution >= 0.6 is 23.2 Å². The van der Waals surface area contributed by atoms with Gasteiger partial charge in [-0.2, -0.15) is 0 Å². The van der Waals surface area contributed by atoms with Gasteiger partial charge in [-0.15, -0.1) is 0 Å². The van der Waals surface area contributed by atoms with E-state index in [2.05, 4.69) is 29.4 Å². The summed E-state index contributed by atoms with van der Waals surface area (Å²) in [5.74, 6) is 0. The second kappa shape index (κ2) is 7.63. The lowest BCUT2D eigenvalue weighted by molar-refractivity contribution is 0.145. The lowest BCUT2D eigenvalue weighted by atomic mass is 9.79. The molecule has 3 rings (SSSR count). The molecule has 138 valence electrons. The number of nitrogens with zero attached hydrogens (tertiary/aromatic N) is 1. The van der Waals surface area contributed by atoms with E-state index in [9.17, 15) is 8.78 Å². The van der Waals surface area contributed by atoms with Crippen molar-refractivity contribution in [1.29, 1.82) is 0 Å². The topological polar surface area (TPSA) is 24.9 Å². The highest BCUT2D eigenvalue weighted by molar-refractivity contribution is 6.55. The first-order chi connectivity index (χ1) is 12.3. The van der Waals surface area contributed by atoms with Crippen LogP contribution in [0.25, 0.3) is 0 Å². The predicted molar refractivity (Wildman–Crippen MR) is 102 cm³/mol. The van der Waals surface area contributed by atoms with E-state index in [1.54, 1.807) is 25.3 Å². The Balaban J connectivity index is 2.02. The van der Waals surface area contributed by atoms with Crippen LogP contribution in [0.15, 0.2) is 47.1 Å². The Bertz CT molecular complexity index is 834. The molecule has 1 aliphatic heterocycles. The van der Waals surface area contributed by atoms with Gasteiger partial charge < -0.3 is 5.32 Å². The summed E-state index contributed by atoms with van der Waals surface area (Å²) in [5.41, 5.74) is 3.28. The molecule has 2 aromatic rings. The maximum Gasteiger partial charge on any atom is 0.280 e. The van der Waals surface area contributed by atoms with Gasteiger partial charge >= 0.3 is 0 Å². The predicted octanol–water partition coefficient (Wildman–Crippen LogP) is 6.03. The summed E-state index contributed by atoms with van der Waals surface area (Å²) in [7, 11) is 0. The molecule has 0 amide bonds. The first-order valence-corrected chi connectivity index (χ1v) is 9.16. The molecule has 2 atom stereocenters. The minimum Gasteiger partial charge on any atom is -0.300 e. The number of fused-ring (bicyclic) bond motifs is 1. The van der Waals surface area contributed by atoms with Gasteiger partial charge in [0.15, 0.2) is 0 Å². The zero-order valence-electron chi connectivity index (χ0n) is 14.6. The van der Waals surface area contributed by atoms with Crippen LogP contribution < -0.4 is 5.32 Å². The van der Waals surface area contributed by atoms with Crippen molar-refractivity contribution < 1.29 is 8.78 Å². The summed E-state index contributed by atoms with van der Waals surface area (Å²) in [5, 5.41) is 3.64. The third-order valence-corrected chi connectivity index (χ3v) is 5.13. The summed E-state index contributed by atoms with van der Waals surface area (Å²) in [6.07, 6.45) is 2.22. The Hall–Kier alpha value is -1.49. The number of benzene rings is 1. The Morgan fingerprint density at radius 1 is 1.38 bits per heavy atom. The van der Waals surface area contributed by atoms with Gasteiger partial charge in [0.05, 0.1) is 6.04 Å². The zero-order chi connectivity index (χ0) is 18.9. The van der Waals surface area contributed by atoms with Crippen LogP contribution in [0.1, 0.15) is 53.8 Å². The van der Waals surface area contributed by atoms with Gasteiger partial charge in [-0.05, 0) is 48.9 Å². The van der Waals surface area contributed by atoms with E-state index < -0.39 is 6.43 Å². The number of pyridine rings is 1. The molecule has 2 nitrogen and oxygen atoms in total. The average Bonchev–Trinajstić information content (AvgIpc) is 2.59. The van der Waals surface area contributed by atoms with Crippen LogP contribution in [0.4, 0.5) is 8.78 Å². The molecule has 0 radical (unpaired) electrons. The molecule has 0 saturated carbocycles. The van der Waals surface area contributed by atoms with Gasteiger partial charge in [-0.1, -0.05) is 59.6 Å². The second-order valence-corrected chi connectivity index (χ2v) is 7.99. The van der Waals surface area contributed by atoms with Gasteiger partial charge in [-0.3, -0.25) is 4.98 Å². The highest BCUT2D eigenvalue weighted by atomic mass is 35.5. The number of alkyl halides is 2. The van der Waals surface area contributed by atoms with Gasteiger partial charge in [0.1, 0.15) is 10.2 Å². The molecular formula is C20H20Cl2F2N2. The van der Waals surface area contributed by atoms with Gasteiger partial charge in [0.2, 0.25) is 0 Å². The zero-order valence-corrected chi connectivity index (χ0v) is 16.1. The van der Waals surface area contributed by atoms with E-state index in [0.29, 0.717) is 12.0 Å². The Morgan fingerprint density at radius 3 is 2.77 bits per heavy atom. The highest BCUT2D eigenvalue weighted by Crippen LogP contribution is 2.37. The van der Waals surface area contributed by atoms with Crippen molar-refractivity contribution in [1.82, 2.24) is 10.3 Å². The third kappa shape index (κ3) is 4.08. The third-order valence-electron chi connectivity index (χ3n) is 4.83. The standard InChI is InChI=1S/C20H20Cl2F2N2/c1-12-9-14(11-25-17(12)19(23)24)18-15-6-4-3-5-13(15)10-20(2,26-18)8-7-16(21)22/h3-7,9,11,18-19,26H,8,10H2,1-2H3. The largest absolute Gasteiger partial charge is 0.300 e. The first kappa shape index (κ1) is 19.3. The normalized spacial score (nSPS) is 22.2. The molecule has 2 heterocycles. The van der Waals surface area contributed by atoms with Crippen molar-refractivity contribution in [2.24, 2.45) is 0 Å². The minimum atomic E-state index is -2.57. The van der Waals surface area contributed by atoms with Crippen LogP contribution in [0.3, 0.4) is 0 Å². The van der Waals surface area contributed by atoms with Crippen molar-refractivity contribution in [3.63, 3.8) is 0 Å². The van der Waals surface area contributed by atoms with Crippen molar-refractivity contribution in [2.45, 2.75) is 44.7 Å². The molecule has 0 aliphatic carbocycles. The van der Waals surface area contributed by atoms with Crippen LogP contribution in [0.5, 0.6) is 0 Å². The lowest BCUT2D eigenvalue weighted by Crippen LogP contribution is -2.49. The minimum absolute atomic E-state index is 0.134. The molecule has 0 fully saturated rings. The number of rotatable bonds is 4. The first-order valence-electron chi connectivity index (χ1n) is 8.40. The Kier molecular flexibility index (Phi) is 5.66. The summed E-state index contributed by atoms with van der Waals surface area (Å²) >= 11 is 11.6. The Morgan fingerprint density at radius 2 is 2.12 bits per heavy atom. The number of aromatic nitrogens is 1. The van der Waals surface area contributed by atoms with E-state index in [1.807, 2.05) is 12.1 Å². The molecule has 6 heteroatoms. The van der Waals surface area contributed by atoms with E-state index >= 15 is 0 Å². The fourth-order valence-electron chi connectivity index (χ4n) is 3.56. The van der Waals surface area contributed by atoms with Crippen molar-refractivity contribution in [2.75, 3.05) is 0 Å². The van der Waals surface area contributed by atoms with Crippen molar-refractivity contribution in [3.05, 3.63) is 75.0 Å². The number of halogens is 4. The highest BCUT2D eigenvalue weighted by Gasteiger charge is 2.35. The van der Waals surface area contributed by atoms with Crippen LogP contribution in [0, 0.1) is 6.92 Å². The maximum atomic E-state index is 13.0. The molecule has 0 saturated heterocycles. The number of nitrogens with one attached hydrogen (secondary N) is 1. The average molecular weight is 397 g/mol. The fraction of sp³-hybridized carbons (Fsp3) is 0.350. The van der Waals surface area contributed by atoms with E-state index in [-0.39, 0.29) is 21.8 Å². The summed E-state index contributed by atoms with van der Waals surface area (Å²) in [6.45, 7) is 3.78. The smallest absolute Gasteiger partial charge is 0.280 e. The fourth-order valence-corrected chi connectivity index (χ4v) is 3.72. The molecule has 2 unspecified atom stereocenters. The van der Waals surface area contributed by atoms with E-state index in [1.165, 1.54) is 5.56 Å². The van der Waals surface area contributed by atoms with Gasteiger partial charge in [0.25, 0.3) is 6.43 Å². The lowest BCUT2D eigenvalue weighted by Gasteiger charge is -2.41. The Labute approximate surface area is 162 Å². The quantitative estimate of drug-likeness (QED) is 0.681. The molecule has 26 heavy (non-hydrogen) atoms. The second-order valence-electron chi connectivity index (χ2n) is 6.98. The molecule has 1 aromatic heterocycles. The molecule has 1 aromatic carbocycles. The summed E-state index contributed by atoms with van der Waals surface area (Å²) in [4.78, 5) is 4.00. The van der Waals surface area contributed by atoms with E-state index in [4.69, 9.17) is 23.2 Å². The van der Waals surface area contributed by atoms with Gasteiger partial charge in [-0.25, -0.2) is 8.78 Å². The molecule has 0 bridgehead atoms. The molecular weight excluding hydrogens is 377 g/mol. The van der Waals surface area contributed by atoms with Crippen molar-refractivity contribution >= 4 is 23.2 Å². The van der Waals surface area contributed by atoms with Crippen LogP contribution in [0.2, 0.25) is 0 Å². The maximum absolute atomic E-state index is 13.0. The van der Waals surface area contributed by atoms with Crippen LogP contribution in [-0.2, 0) is 6.42 Å². The number of hydrogen-bond acceptors (Lipinski definition) is 2. The van der Waals surface area contributed by atoms with E-state index in [0.717, 1.165) is 17.5 Å². The number of aryl methyl sites for hydroxylation is 1. The van der Waals surface area contributed by atoms with Gasteiger partial charge in [0, 0.05) is 11.7 Å². The SMILES string of the molecule is Cc1cc(C2NC(C)(CC=C(Cl)Cl)Cc3ccccc32)cnc1C(F)F. The molecule has 1 aliphatic rings.